The number of allylic oxidation sites excluding steroid dienone is 4. The van der Waals surface area contributed by atoms with Crippen LogP contribution in [0.4, 0.5) is 0 Å². The maximum Gasteiger partial charge on any atom is 0.222 e. The van der Waals surface area contributed by atoms with Gasteiger partial charge in [-0.05, 0) is 70.6 Å². The third kappa shape index (κ3) is 42.6. The molecule has 0 aromatic carbocycles. The molecule has 1 unspecified atom stereocenters. The first-order valence-electron chi connectivity index (χ1n) is 26.2. The second kappa shape index (κ2) is 48.3. The van der Waals surface area contributed by atoms with Gasteiger partial charge in [-0.25, -0.2) is 0 Å². The quantitative estimate of drug-likeness (QED) is 0.0445. The van der Waals surface area contributed by atoms with Gasteiger partial charge in [0.25, 0.3) is 0 Å². The lowest BCUT2D eigenvalue weighted by atomic mass is 9.98. The van der Waals surface area contributed by atoms with E-state index in [-0.39, 0.29) is 0 Å². The molecule has 2 nitrogen and oxygen atoms in total. The Bertz CT molecular complexity index is 800. The first-order chi connectivity index (χ1) is 27.7. The van der Waals surface area contributed by atoms with E-state index in [1.165, 1.54) is 270 Å². The Hall–Kier alpha value is -1.05. The summed E-state index contributed by atoms with van der Waals surface area (Å²) < 4.78 is 0. The number of nitrogens with zero attached hydrogens (tertiary/aromatic N) is 1. The average Bonchev–Trinajstić information content (AvgIpc) is 3.21. The number of unbranched alkanes of at least 4 members (excludes halogenated alkanes) is 36. The minimum atomic E-state index is 0.410. The van der Waals surface area contributed by atoms with Gasteiger partial charge >= 0.3 is 0 Å². The number of hydrogen-bond acceptors (Lipinski definition) is 1. The maximum absolute atomic E-state index is 13.3. The molecule has 56 heavy (non-hydrogen) atoms. The summed E-state index contributed by atoms with van der Waals surface area (Å²) in [5.74, 6) is 0.410. The van der Waals surface area contributed by atoms with Crippen molar-refractivity contribution in [1.82, 2.24) is 4.90 Å². The van der Waals surface area contributed by atoms with Gasteiger partial charge in [0.15, 0.2) is 0 Å². The van der Waals surface area contributed by atoms with E-state index in [0.29, 0.717) is 11.9 Å². The third-order valence-electron chi connectivity index (χ3n) is 12.5. The van der Waals surface area contributed by atoms with E-state index in [9.17, 15) is 4.79 Å². The number of hydrogen-bond donors (Lipinski definition) is 0. The number of carbonyl (C=O) groups is 1. The van der Waals surface area contributed by atoms with E-state index in [1.807, 2.05) is 0 Å². The maximum atomic E-state index is 13.3. The second-order valence-electron chi connectivity index (χ2n) is 18.1. The summed E-state index contributed by atoms with van der Waals surface area (Å²) in [5.41, 5.74) is 0. The van der Waals surface area contributed by atoms with E-state index in [1.54, 1.807) is 0 Å². The van der Waals surface area contributed by atoms with Crippen LogP contribution in [0.15, 0.2) is 24.3 Å². The predicted molar refractivity (Wildman–Crippen MR) is 255 cm³/mol. The molecule has 0 saturated carbocycles. The zero-order valence-corrected chi connectivity index (χ0v) is 39.4. The molecule has 0 spiro atoms. The van der Waals surface area contributed by atoms with E-state index in [2.05, 4.69) is 57.0 Å². The molecule has 0 heterocycles. The van der Waals surface area contributed by atoms with Crippen LogP contribution in [0, 0.1) is 0 Å². The van der Waals surface area contributed by atoms with Crippen molar-refractivity contribution >= 4 is 5.91 Å². The zero-order chi connectivity index (χ0) is 40.7. The van der Waals surface area contributed by atoms with Crippen LogP contribution in [0.3, 0.4) is 0 Å². The Labute approximate surface area is 355 Å². The largest absolute Gasteiger partial charge is 0.343 e. The summed E-state index contributed by atoms with van der Waals surface area (Å²) in [4.78, 5) is 15.5. The molecular weight excluding hydrogens is 679 g/mol. The van der Waals surface area contributed by atoms with E-state index in [0.717, 1.165) is 12.8 Å². The van der Waals surface area contributed by atoms with Crippen molar-refractivity contribution in [3.8, 4) is 0 Å². The molecule has 0 aliphatic carbocycles. The molecule has 332 valence electrons. The van der Waals surface area contributed by atoms with Gasteiger partial charge in [0.2, 0.25) is 5.91 Å². The molecule has 0 aliphatic rings. The number of carbonyl (C=O) groups excluding carboxylic acids is 1. The van der Waals surface area contributed by atoms with Crippen molar-refractivity contribution in [1.29, 1.82) is 0 Å². The molecule has 2 heteroatoms. The van der Waals surface area contributed by atoms with Crippen LogP contribution in [0.1, 0.15) is 303 Å². The van der Waals surface area contributed by atoms with Crippen molar-refractivity contribution < 1.29 is 4.79 Å². The number of amides is 1. The van der Waals surface area contributed by atoms with Crippen LogP contribution in [-0.2, 0) is 4.79 Å². The minimum absolute atomic E-state index is 0.410. The molecule has 0 N–H and O–H groups in total. The Kier molecular flexibility index (Phi) is 47.4. The second-order valence-corrected chi connectivity index (χ2v) is 18.1. The Morgan fingerprint density at radius 1 is 0.339 bits per heavy atom. The van der Waals surface area contributed by atoms with Gasteiger partial charge in [0.05, 0.1) is 0 Å². The van der Waals surface area contributed by atoms with Gasteiger partial charge in [0, 0.05) is 19.5 Å². The van der Waals surface area contributed by atoms with E-state index < -0.39 is 0 Å². The highest BCUT2D eigenvalue weighted by Crippen LogP contribution is 2.21. The van der Waals surface area contributed by atoms with Crippen LogP contribution in [0.5, 0.6) is 0 Å². The predicted octanol–water partition coefficient (Wildman–Crippen LogP) is 19.1. The minimum Gasteiger partial charge on any atom is -0.343 e. The van der Waals surface area contributed by atoms with Crippen LogP contribution in [-0.4, -0.2) is 23.9 Å². The molecule has 0 fully saturated rings. The van der Waals surface area contributed by atoms with E-state index >= 15 is 0 Å². The lowest BCUT2D eigenvalue weighted by Crippen LogP contribution is -2.37. The molecule has 1 amide bonds. The third-order valence-corrected chi connectivity index (χ3v) is 12.5. The zero-order valence-electron chi connectivity index (χ0n) is 39.4. The highest BCUT2D eigenvalue weighted by atomic mass is 16.2. The van der Waals surface area contributed by atoms with Crippen LogP contribution < -0.4 is 0 Å². The highest BCUT2D eigenvalue weighted by Gasteiger charge is 2.19. The average molecular weight is 784 g/mol. The molecule has 0 bridgehead atoms. The molecule has 0 saturated heterocycles. The van der Waals surface area contributed by atoms with Crippen molar-refractivity contribution in [3.05, 3.63) is 24.3 Å². The normalized spacial score (nSPS) is 12.4. The smallest absolute Gasteiger partial charge is 0.222 e. The van der Waals surface area contributed by atoms with Crippen LogP contribution in [0.25, 0.3) is 0 Å². The standard InChI is InChI=1S/C54H105NO/c1-5-8-11-14-17-20-23-25-27-29-31-33-35-37-39-42-45-48-51-53(55(4)54(56)52-49-46-43-40-22-19-16-13-10-7-3)50-47-44-41-38-36-34-32-30-28-26-24-21-18-15-12-9-6-2/h25-28,53H,5-24,29-52H2,1-4H3/b27-25-,28-26-. The lowest BCUT2D eigenvalue weighted by Gasteiger charge is -2.29. The lowest BCUT2D eigenvalue weighted by molar-refractivity contribution is -0.132. The molecule has 0 rings (SSSR count). The van der Waals surface area contributed by atoms with Crippen molar-refractivity contribution in [3.63, 3.8) is 0 Å². The topological polar surface area (TPSA) is 20.3 Å². The summed E-state index contributed by atoms with van der Waals surface area (Å²) >= 11 is 0. The number of rotatable bonds is 47. The fourth-order valence-corrected chi connectivity index (χ4v) is 8.46. The fourth-order valence-electron chi connectivity index (χ4n) is 8.46. The van der Waals surface area contributed by atoms with Gasteiger partial charge in [-0.2, -0.15) is 0 Å². The molecule has 0 aromatic rings. The van der Waals surface area contributed by atoms with Crippen molar-refractivity contribution in [2.45, 2.75) is 309 Å². The van der Waals surface area contributed by atoms with Gasteiger partial charge in [-0.3, -0.25) is 4.79 Å². The molecule has 1 atom stereocenters. The molecular formula is C54H105NO. The van der Waals surface area contributed by atoms with Crippen molar-refractivity contribution in [2.24, 2.45) is 0 Å². The Balaban J connectivity index is 4.22. The summed E-state index contributed by atoms with van der Waals surface area (Å²) in [6, 6.07) is 0.447. The van der Waals surface area contributed by atoms with Gasteiger partial charge in [-0.15, -0.1) is 0 Å². The molecule has 0 radical (unpaired) electrons. The monoisotopic (exact) mass is 784 g/mol. The van der Waals surface area contributed by atoms with Crippen LogP contribution >= 0.6 is 0 Å². The van der Waals surface area contributed by atoms with Crippen LogP contribution in [0.2, 0.25) is 0 Å². The SMILES string of the molecule is CCCCCCCC/C=C\CCCCCCCCCCC(CCCCCCCCC/C=C\CCCCCCCC)N(C)C(=O)CCCCCCCCCCCC. The molecule has 0 aliphatic heterocycles. The molecule has 0 aromatic heterocycles. The Morgan fingerprint density at radius 2 is 0.571 bits per heavy atom. The Morgan fingerprint density at radius 3 is 0.857 bits per heavy atom. The van der Waals surface area contributed by atoms with Gasteiger partial charge in [-0.1, -0.05) is 251 Å². The van der Waals surface area contributed by atoms with Crippen molar-refractivity contribution in [2.75, 3.05) is 7.05 Å². The van der Waals surface area contributed by atoms with Gasteiger partial charge in [0.1, 0.15) is 0 Å². The van der Waals surface area contributed by atoms with E-state index in [4.69, 9.17) is 0 Å². The highest BCUT2D eigenvalue weighted by molar-refractivity contribution is 5.76. The van der Waals surface area contributed by atoms with Gasteiger partial charge < -0.3 is 4.90 Å². The summed E-state index contributed by atoms with van der Waals surface area (Å²) in [6.07, 6.45) is 68.6. The fraction of sp³-hybridized carbons (Fsp3) is 0.907. The summed E-state index contributed by atoms with van der Waals surface area (Å²) in [7, 11) is 2.13. The first-order valence-corrected chi connectivity index (χ1v) is 26.2. The first kappa shape index (κ1) is 55.0. The summed E-state index contributed by atoms with van der Waals surface area (Å²) in [5, 5.41) is 0. The summed E-state index contributed by atoms with van der Waals surface area (Å²) in [6.45, 7) is 6.89.